The number of ether oxygens (including phenoxy) is 1. The number of hydrogen-bond acceptors (Lipinski definition) is 6. The number of carboxylic acids is 1. The maximum Gasteiger partial charge on any atom is 0.490 e. The molecule has 9 nitrogen and oxygen atoms in total. The number of nitrogens with two attached hydrogens (primary N) is 1. The number of carbonyl (C=O) groups excluding carboxylic acids is 1. The lowest BCUT2D eigenvalue weighted by molar-refractivity contribution is -0.192. The van der Waals surface area contributed by atoms with E-state index in [-0.39, 0.29) is 29.1 Å². The smallest absolute Gasteiger partial charge is 0.490 e. The van der Waals surface area contributed by atoms with E-state index in [1.54, 1.807) is 42.5 Å². The summed E-state index contributed by atoms with van der Waals surface area (Å²) in [5.41, 5.74) is 5.75. The Bertz CT molecular complexity index is 2120. The molecule has 7 rings (SSSR count). The molecule has 4 N–H and O–H groups in total. The molecular formula is C37H37BrF5N3O6S. The maximum atomic E-state index is 16.7. The molecule has 1 saturated carbocycles. The van der Waals surface area contributed by atoms with E-state index in [0.29, 0.717) is 42.2 Å². The van der Waals surface area contributed by atoms with Crippen LogP contribution in [0.15, 0.2) is 82.2 Å². The van der Waals surface area contributed by atoms with Crippen molar-refractivity contribution in [3.8, 4) is 5.75 Å². The Morgan fingerprint density at radius 2 is 1.38 bits per heavy atom. The normalized spacial score (nSPS) is 21.3. The van der Waals surface area contributed by atoms with E-state index < -0.39 is 45.6 Å². The lowest BCUT2D eigenvalue weighted by Gasteiger charge is -2.41. The highest BCUT2D eigenvalue weighted by atomic mass is 79.9. The van der Waals surface area contributed by atoms with Crippen molar-refractivity contribution < 1.29 is 49.8 Å². The van der Waals surface area contributed by atoms with Crippen LogP contribution in [-0.2, 0) is 25.5 Å². The van der Waals surface area contributed by atoms with E-state index in [0.717, 1.165) is 40.9 Å². The molecule has 3 unspecified atom stereocenters. The zero-order valence-corrected chi connectivity index (χ0v) is 30.6. The van der Waals surface area contributed by atoms with Crippen LogP contribution in [0.3, 0.4) is 0 Å². The van der Waals surface area contributed by atoms with Crippen molar-refractivity contribution in [3.05, 3.63) is 82.8 Å². The van der Waals surface area contributed by atoms with Crippen molar-refractivity contribution in [3.63, 3.8) is 0 Å². The van der Waals surface area contributed by atoms with Crippen LogP contribution in [0.1, 0.15) is 56.9 Å². The standard InChI is InChI=1S/C35H36BrF2N3O4S.C2HF3O2/c36-26-10-6-21-15-25(9-5-22(21)16-26)35(37,38)33(34(42)41-28-11-12-29(41)20-27(39)19-28)40-46(43,44)32-14-8-23-17-31(13-7-24(23)18-32)45-30-3-1-2-4-30;3-2(4,5)1(6)7/h5-10,13-18,27-30,33,40H,1-4,11-12,19-20,39H2;(H,6,7). The van der Waals surface area contributed by atoms with Crippen LogP contribution in [0.25, 0.3) is 21.5 Å². The number of alkyl halides is 5. The van der Waals surface area contributed by atoms with E-state index in [1.807, 2.05) is 6.07 Å². The largest absolute Gasteiger partial charge is 0.490 e. The van der Waals surface area contributed by atoms with Crippen LogP contribution < -0.4 is 15.2 Å². The Labute approximate surface area is 310 Å². The minimum absolute atomic E-state index is 0.126. The van der Waals surface area contributed by atoms with Gasteiger partial charge in [0, 0.05) is 28.2 Å². The molecule has 3 atom stereocenters. The van der Waals surface area contributed by atoms with Crippen LogP contribution in [0, 0.1) is 0 Å². The number of amides is 1. The summed E-state index contributed by atoms with van der Waals surface area (Å²) in [5, 5.41) is 9.77. The molecule has 3 aliphatic rings. The highest BCUT2D eigenvalue weighted by Crippen LogP contribution is 2.41. The van der Waals surface area contributed by atoms with Gasteiger partial charge in [0.2, 0.25) is 15.9 Å². The fraction of sp³-hybridized carbons (Fsp3) is 0.405. The zero-order chi connectivity index (χ0) is 38.3. The highest BCUT2D eigenvalue weighted by Gasteiger charge is 2.53. The van der Waals surface area contributed by atoms with Gasteiger partial charge in [0.25, 0.3) is 5.92 Å². The van der Waals surface area contributed by atoms with E-state index in [9.17, 15) is 26.4 Å². The predicted octanol–water partition coefficient (Wildman–Crippen LogP) is 7.63. The number of hydrogen-bond donors (Lipinski definition) is 3. The van der Waals surface area contributed by atoms with Gasteiger partial charge < -0.3 is 20.5 Å². The number of nitrogens with zero attached hydrogens (tertiary/aromatic N) is 1. The van der Waals surface area contributed by atoms with Crippen molar-refractivity contribution in [2.45, 2.75) is 98.6 Å². The first kappa shape index (κ1) is 38.9. The quantitative estimate of drug-likeness (QED) is 0.155. The Balaban J connectivity index is 0.000000626. The van der Waals surface area contributed by atoms with Crippen LogP contribution >= 0.6 is 15.9 Å². The molecular weight excluding hydrogens is 789 g/mol. The molecule has 4 aromatic carbocycles. The maximum absolute atomic E-state index is 16.7. The number of benzene rings is 4. The van der Waals surface area contributed by atoms with Crippen molar-refractivity contribution in [2.24, 2.45) is 5.73 Å². The SMILES string of the molecule is NC1CC2CCC(C1)N2C(=O)C(NS(=O)(=O)c1ccc2cc(OC3CCCC3)ccc2c1)C(F)(F)c1ccc2cc(Br)ccc2c1.O=C(O)C(F)(F)F. The van der Waals surface area contributed by atoms with E-state index >= 15 is 8.78 Å². The summed E-state index contributed by atoms with van der Waals surface area (Å²) < 4.78 is 102. The fourth-order valence-corrected chi connectivity index (χ4v) is 9.07. The molecule has 2 heterocycles. The third-order valence-electron chi connectivity index (χ3n) is 10.0. The molecule has 2 bridgehead atoms. The molecule has 16 heteroatoms. The van der Waals surface area contributed by atoms with Crippen molar-refractivity contribution in [1.82, 2.24) is 9.62 Å². The summed E-state index contributed by atoms with van der Waals surface area (Å²) >= 11 is 3.40. The average Bonchev–Trinajstić information content (AvgIpc) is 3.71. The summed E-state index contributed by atoms with van der Waals surface area (Å²) in [6.07, 6.45) is 1.68. The first-order valence-corrected chi connectivity index (χ1v) is 19.4. The second-order valence-corrected chi connectivity index (χ2v) is 16.4. The molecule has 3 fully saturated rings. The summed E-state index contributed by atoms with van der Waals surface area (Å²) in [5.74, 6) is -6.85. The Morgan fingerprint density at radius 1 is 0.830 bits per heavy atom. The monoisotopic (exact) mass is 825 g/mol. The second kappa shape index (κ2) is 15.1. The van der Waals surface area contributed by atoms with Gasteiger partial charge in [-0.25, -0.2) is 13.2 Å². The lowest BCUT2D eigenvalue weighted by Crippen LogP contribution is -2.60. The summed E-state index contributed by atoms with van der Waals surface area (Å²) in [7, 11) is -4.57. The van der Waals surface area contributed by atoms with Gasteiger partial charge >= 0.3 is 12.1 Å². The van der Waals surface area contributed by atoms with Crippen LogP contribution in [-0.4, -0.2) is 66.7 Å². The number of fused-ring (bicyclic) bond motifs is 4. The third-order valence-corrected chi connectivity index (χ3v) is 11.9. The zero-order valence-electron chi connectivity index (χ0n) is 28.2. The summed E-state index contributed by atoms with van der Waals surface area (Å²) in [4.78, 5) is 24.3. The van der Waals surface area contributed by atoms with Gasteiger partial charge in [0.05, 0.1) is 11.0 Å². The van der Waals surface area contributed by atoms with Crippen LogP contribution in [0.4, 0.5) is 22.0 Å². The van der Waals surface area contributed by atoms with Crippen LogP contribution in [0.2, 0.25) is 0 Å². The van der Waals surface area contributed by atoms with Crippen molar-refractivity contribution >= 4 is 59.4 Å². The van der Waals surface area contributed by atoms with Gasteiger partial charge in [-0.2, -0.15) is 26.7 Å². The van der Waals surface area contributed by atoms with Gasteiger partial charge in [0.1, 0.15) is 5.75 Å². The Hall–Kier alpha value is -3.86. The van der Waals surface area contributed by atoms with E-state index in [2.05, 4.69) is 20.7 Å². The molecule has 53 heavy (non-hydrogen) atoms. The van der Waals surface area contributed by atoms with E-state index in [1.165, 1.54) is 29.2 Å². The van der Waals surface area contributed by atoms with Gasteiger partial charge in [-0.05, 0) is 115 Å². The van der Waals surface area contributed by atoms with Gasteiger partial charge in [-0.15, -0.1) is 0 Å². The summed E-state index contributed by atoms with van der Waals surface area (Å²) in [6, 6.07) is 16.1. The number of rotatable bonds is 8. The highest BCUT2D eigenvalue weighted by molar-refractivity contribution is 9.10. The van der Waals surface area contributed by atoms with E-state index in [4.69, 9.17) is 20.4 Å². The van der Waals surface area contributed by atoms with Gasteiger partial charge in [0.15, 0.2) is 6.04 Å². The number of carboxylic acid groups (broad SMARTS) is 1. The number of nitrogens with one attached hydrogen (secondary N) is 1. The third kappa shape index (κ3) is 8.60. The predicted molar refractivity (Wildman–Crippen MR) is 191 cm³/mol. The average molecular weight is 827 g/mol. The Morgan fingerprint density at radius 3 is 2.02 bits per heavy atom. The first-order chi connectivity index (χ1) is 24.9. The number of piperidine rings is 1. The molecule has 0 spiro atoms. The molecule has 284 valence electrons. The van der Waals surface area contributed by atoms with Crippen molar-refractivity contribution in [1.29, 1.82) is 0 Å². The first-order valence-electron chi connectivity index (χ1n) is 17.1. The minimum Gasteiger partial charge on any atom is -0.490 e. The minimum atomic E-state index is -5.08. The topological polar surface area (TPSA) is 139 Å². The molecule has 2 aliphatic heterocycles. The van der Waals surface area contributed by atoms with Crippen LogP contribution in [0.5, 0.6) is 5.75 Å². The number of carbonyl (C=O) groups is 2. The summed E-state index contributed by atoms with van der Waals surface area (Å²) in [6.45, 7) is 0. The molecule has 0 aromatic heterocycles. The molecule has 1 amide bonds. The number of halogens is 6. The number of aliphatic carboxylic acids is 1. The van der Waals surface area contributed by atoms with Gasteiger partial charge in [-0.3, -0.25) is 4.79 Å². The fourth-order valence-electron chi connectivity index (χ4n) is 7.46. The van der Waals surface area contributed by atoms with Crippen molar-refractivity contribution in [2.75, 3.05) is 0 Å². The van der Waals surface area contributed by atoms with Gasteiger partial charge in [-0.1, -0.05) is 46.3 Å². The number of sulfonamides is 1. The second-order valence-electron chi connectivity index (χ2n) is 13.7. The lowest BCUT2D eigenvalue weighted by atomic mass is 9.94. The molecule has 0 radical (unpaired) electrons. The molecule has 1 aliphatic carbocycles. The Kier molecular flexibility index (Phi) is 11.1. The molecule has 4 aromatic rings. The molecule has 2 saturated heterocycles.